The number of aryl methyl sites for hydroxylation is 1. The van der Waals surface area contributed by atoms with Crippen molar-refractivity contribution in [2.45, 2.75) is 52.6 Å². The summed E-state index contributed by atoms with van der Waals surface area (Å²) in [6.07, 6.45) is 2.67. The van der Waals surface area contributed by atoms with E-state index < -0.39 is 5.60 Å². The lowest BCUT2D eigenvalue weighted by Crippen LogP contribution is -2.43. The van der Waals surface area contributed by atoms with Crippen LogP contribution in [0, 0.1) is 12.8 Å². The number of rotatable bonds is 4. The molecule has 0 aliphatic carbocycles. The lowest BCUT2D eigenvalue weighted by molar-refractivity contribution is 0.0154. The molecule has 2 rings (SSSR count). The standard InChI is InChI=1S/C17H26ClN3O3/c1-12-10-14(18)20-15(19-12)23-9-7-13-6-5-8-21(11-13)16(22)24-17(2,3)4/h10,13H,5-9,11H2,1-4H3/t13-/m0/s1. The van der Waals surface area contributed by atoms with E-state index in [4.69, 9.17) is 21.1 Å². The van der Waals surface area contributed by atoms with Gasteiger partial charge in [0, 0.05) is 18.8 Å². The topological polar surface area (TPSA) is 64.5 Å². The van der Waals surface area contributed by atoms with Gasteiger partial charge >= 0.3 is 12.1 Å². The van der Waals surface area contributed by atoms with Crippen molar-refractivity contribution in [1.29, 1.82) is 0 Å². The number of hydrogen-bond acceptors (Lipinski definition) is 5. The molecule has 0 bridgehead atoms. The average Bonchev–Trinajstić information content (AvgIpc) is 2.45. The Morgan fingerprint density at radius 1 is 1.42 bits per heavy atom. The molecular weight excluding hydrogens is 330 g/mol. The van der Waals surface area contributed by atoms with Crippen LogP contribution in [0.2, 0.25) is 5.15 Å². The minimum absolute atomic E-state index is 0.234. The van der Waals surface area contributed by atoms with E-state index in [0.29, 0.717) is 30.2 Å². The second kappa shape index (κ2) is 8.01. The van der Waals surface area contributed by atoms with Crippen molar-refractivity contribution in [2.24, 2.45) is 5.92 Å². The predicted molar refractivity (Wildman–Crippen MR) is 92.4 cm³/mol. The van der Waals surface area contributed by atoms with Gasteiger partial charge in [-0.15, -0.1) is 0 Å². The third kappa shape index (κ3) is 6.15. The largest absolute Gasteiger partial charge is 0.463 e. The van der Waals surface area contributed by atoms with Crippen LogP contribution in [0.25, 0.3) is 0 Å². The third-order valence-electron chi connectivity index (χ3n) is 3.73. The van der Waals surface area contributed by atoms with Crippen LogP contribution in [-0.2, 0) is 4.74 Å². The number of aromatic nitrogens is 2. The minimum atomic E-state index is -0.463. The molecule has 1 aromatic heterocycles. The highest BCUT2D eigenvalue weighted by atomic mass is 35.5. The molecule has 6 nitrogen and oxygen atoms in total. The molecular formula is C17H26ClN3O3. The molecule has 0 N–H and O–H groups in total. The first-order chi connectivity index (χ1) is 11.2. The number of piperidine rings is 1. The van der Waals surface area contributed by atoms with Crippen molar-refractivity contribution in [2.75, 3.05) is 19.7 Å². The predicted octanol–water partition coefficient (Wildman–Crippen LogP) is 3.85. The van der Waals surface area contributed by atoms with Gasteiger partial charge in [-0.3, -0.25) is 0 Å². The van der Waals surface area contributed by atoms with Gasteiger partial charge in [0.25, 0.3) is 0 Å². The van der Waals surface area contributed by atoms with Crippen LogP contribution < -0.4 is 4.74 Å². The third-order valence-corrected chi connectivity index (χ3v) is 3.92. The molecule has 1 amide bonds. The van der Waals surface area contributed by atoms with Crippen LogP contribution in [0.15, 0.2) is 6.07 Å². The Labute approximate surface area is 148 Å². The van der Waals surface area contributed by atoms with Crippen molar-refractivity contribution in [3.05, 3.63) is 16.9 Å². The Morgan fingerprint density at radius 2 is 2.17 bits per heavy atom. The second-order valence-electron chi connectivity index (χ2n) is 7.19. The zero-order chi connectivity index (χ0) is 17.7. The van der Waals surface area contributed by atoms with Crippen LogP contribution in [0.1, 0.15) is 45.7 Å². The highest BCUT2D eigenvalue weighted by Crippen LogP contribution is 2.22. The highest BCUT2D eigenvalue weighted by molar-refractivity contribution is 6.29. The van der Waals surface area contributed by atoms with Gasteiger partial charge in [0.05, 0.1) is 6.61 Å². The molecule has 1 aliphatic rings. The lowest BCUT2D eigenvalue weighted by Gasteiger charge is -2.34. The summed E-state index contributed by atoms with van der Waals surface area (Å²) in [6, 6.07) is 1.99. The van der Waals surface area contributed by atoms with Gasteiger partial charge < -0.3 is 14.4 Å². The van der Waals surface area contributed by atoms with E-state index in [2.05, 4.69) is 9.97 Å². The Balaban J connectivity index is 1.79. The Kier molecular flexibility index (Phi) is 6.27. The maximum atomic E-state index is 12.2. The number of nitrogens with zero attached hydrogens (tertiary/aromatic N) is 3. The van der Waals surface area contributed by atoms with Crippen LogP contribution >= 0.6 is 11.6 Å². The maximum absolute atomic E-state index is 12.2. The van der Waals surface area contributed by atoms with Crippen LogP contribution in [0.4, 0.5) is 4.79 Å². The molecule has 0 unspecified atom stereocenters. The fraction of sp³-hybridized carbons (Fsp3) is 0.706. The first kappa shape index (κ1) is 18.8. The molecule has 1 aromatic rings. The number of hydrogen-bond donors (Lipinski definition) is 0. The number of halogens is 1. The maximum Gasteiger partial charge on any atom is 0.410 e. The molecule has 0 spiro atoms. The quantitative estimate of drug-likeness (QED) is 0.767. The van der Waals surface area contributed by atoms with Crippen molar-refractivity contribution in [3.8, 4) is 6.01 Å². The molecule has 24 heavy (non-hydrogen) atoms. The zero-order valence-electron chi connectivity index (χ0n) is 14.8. The molecule has 0 radical (unpaired) electrons. The smallest absolute Gasteiger partial charge is 0.410 e. The van der Waals surface area contributed by atoms with Gasteiger partial charge in [-0.2, -0.15) is 4.98 Å². The van der Waals surface area contributed by atoms with E-state index in [1.165, 1.54) is 0 Å². The van der Waals surface area contributed by atoms with Crippen LogP contribution in [-0.4, -0.2) is 46.3 Å². The lowest BCUT2D eigenvalue weighted by atomic mass is 9.95. The van der Waals surface area contributed by atoms with Crippen molar-refractivity contribution in [3.63, 3.8) is 0 Å². The summed E-state index contributed by atoms with van der Waals surface area (Å²) in [7, 11) is 0. The molecule has 7 heteroatoms. The van der Waals surface area contributed by atoms with Crippen molar-refractivity contribution in [1.82, 2.24) is 14.9 Å². The summed E-state index contributed by atoms with van der Waals surface area (Å²) < 4.78 is 11.1. The van der Waals surface area contributed by atoms with E-state index in [1.54, 1.807) is 11.0 Å². The van der Waals surface area contributed by atoms with E-state index in [9.17, 15) is 4.79 Å². The molecule has 2 heterocycles. The summed E-state index contributed by atoms with van der Waals surface area (Å²) in [5, 5.41) is 0.381. The average molecular weight is 356 g/mol. The summed E-state index contributed by atoms with van der Waals surface area (Å²) in [5.74, 6) is 0.395. The number of carbonyl (C=O) groups is 1. The van der Waals surface area contributed by atoms with E-state index in [-0.39, 0.29) is 6.09 Å². The zero-order valence-corrected chi connectivity index (χ0v) is 15.6. The number of amides is 1. The summed E-state index contributed by atoms with van der Waals surface area (Å²) in [6.45, 7) is 9.46. The van der Waals surface area contributed by atoms with E-state index in [0.717, 1.165) is 31.5 Å². The molecule has 0 aromatic carbocycles. The number of likely N-dealkylation sites (tertiary alicyclic amines) is 1. The van der Waals surface area contributed by atoms with Crippen molar-refractivity contribution >= 4 is 17.7 Å². The highest BCUT2D eigenvalue weighted by Gasteiger charge is 2.27. The summed E-state index contributed by atoms with van der Waals surface area (Å²) in [5.41, 5.74) is 0.313. The summed E-state index contributed by atoms with van der Waals surface area (Å²) >= 11 is 5.90. The fourth-order valence-electron chi connectivity index (χ4n) is 2.68. The molecule has 1 fully saturated rings. The van der Waals surface area contributed by atoms with E-state index >= 15 is 0 Å². The van der Waals surface area contributed by atoms with Crippen LogP contribution in [0.3, 0.4) is 0 Å². The Morgan fingerprint density at radius 3 is 2.83 bits per heavy atom. The monoisotopic (exact) mass is 355 g/mol. The fourth-order valence-corrected chi connectivity index (χ4v) is 2.91. The molecule has 1 atom stereocenters. The second-order valence-corrected chi connectivity index (χ2v) is 7.57. The van der Waals surface area contributed by atoms with Gasteiger partial charge in [-0.1, -0.05) is 11.6 Å². The SMILES string of the molecule is Cc1cc(Cl)nc(OCC[C@@H]2CCCN(C(=O)OC(C)(C)C)C2)n1. The molecule has 1 saturated heterocycles. The van der Waals surface area contributed by atoms with Gasteiger partial charge in [0.2, 0.25) is 0 Å². The van der Waals surface area contributed by atoms with Gasteiger partial charge in [0.1, 0.15) is 10.8 Å². The first-order valence-electron chi connectivity index (χ1n) is 8.35. The molecule has 1 aliphatic heterocycles. The summed E-state index contributed by atoms with van der Waals surface area (Å²) in [4.78, 5) is 22.2. The van der Waals surface area contributed by atoms with E-state index in [1.807, 2.05) is 27.7 Å². The van der Waals surface area contributed by atoms with Crippen molar-refractivity contribution < 1.29 is 14.3 Å². The molecule has 134 valence electrons. The Bertz CT molecular complexity index is 554. The van der Waals surface area contributed by atoms with Gasteiger partial charge in [0.15, 0.2) is 0 Å². The first-order valence-corrected chi connectivity index (χ1v) is 8.72. The van der Waals surface area contributed by atoms with Crippen LogP contribution in [0.5, 0.6) is 6.01 Å². The normalized spacial score (nSPS) is 18.4. The van der Waals surface area contributed by atoms with Gasteiger partial charge in [-0.25, -0.2) is 9.78 Å². The number of ether oxygens (including phenoxy) is 2. The molecule has 0 saturated carbocycles. The Hall–Kier alpha value is -1.56. The minimum Gasteiger partial charge on any atom is -0.463 e. The van der Waals surface area contributed by atoms with Gasteiger partial charge in [-0.05, 0) is 58.9 Å². The number of carbonyl (C=O) groups excluding carboxylic acids is 1.